The van der Waals surface area contributed by atoms with Crippen LogP contribution < -0.4 is 10.2 Å². The summed E-state index contributed by atoms with van der Waals surface area (Å²) in [6.07, 6.45) is 2.29. The van der Waals surface area contributed by atoms with Crippen LogP contribution in [0.4, 0.5) is 17.3 Å². The van der Waals surface area contributed by atoms with E-state index in [0.29, 0.717) is 18.9 Å². The molecule has 0 aliphatic rings. The first-order chi connectivity index (χ1) is 10.0. The fourth-order valence-corrected chi connectivity index (χ4v) is 2.06. The molecule has 1 rings (SSSR count). The van der Waals surface area contributed by atoms with E-state index in [-0.39, 0.29) is 11.5 Å². The summed E-state index contributed by atoms with van der Waals surface area (Å²) in [4.78, 5) is 23.1. The van der Waals surface area contributed by atoms with Gasteiger partial charge >= 0.3 is 5.69 Å². The van der Waals surface area contributed by atoms with Crippen molar-refractivity contribution in [2.75, 3.05) is 50.5 Å². The average molecular weight is 296 g/mol. The van der Waals surface area contributed by atoms with Gasteiger partial charge in [0.15, 0.2) is 0 Å². The molecule has 0 amide bonds. The Bertz CT molecular complexity index is 466. The van der Waals surface area contributed by atoms with Gasteiger partial charge in [-0.1, -0.05) is 0 Å². The van der Waals surface area contributed by atoms with Gasteiger partial charge in [-0.15, -0.1) is 0 Å². The fraction of sp³-hybridized carbons (Fsp3) is 0.692. The summed E-state index contributed by atoms with van der Waals surface area (Å²) in [5.74, 6) is 0.658. The molecule has 0 spiro atoms. The maximum Gasteiger partial charge on any atom is 0.353 e. The molecule has 0 radical (unpaired) electrons. The van der Waals surface area contributed by atoms with Gasteiger partial charge in [-0.25, -0.2) is 9.97 Å². The van der Waals surface area contributed by atoms with Crippen LogP contribution in [-0.4, -0.2) is 60.1 Å². The molecule has 8 heteroatoms. The lowest BCUT2D eigenvalue weighted by Gasteiger charge is -2.22. The Hall–Kier alpha value is -1.96. The highest BCUT2D eigenvalue weighted by Crippen LogP contribution is 2.31. The van der Waals surface area contributed by atoms with Crippen LogP contribution in [0.15, 0.2) is 6.33 Å². The average Bonchev–Trinajstić information content (AvgIpc) is 2.43. The van der Waals surface area contributed by atoms with Crippen LogP contribution in [0.1, 0.15) is 20.3 Å². The highest BCUT2D eigenvalue weighted by atomic mass is 16.6. The first-order valence-corrected chi connectivity index (χ1v) is 7.14. The Morgan fingerprint density at radius 2 is 2.00 bits per heavy atom. The summed E-state index contributed by atoms with van der Waals surface area (Å²) in [7, 11) is 4.01. The second-order valence-electron chi connectivity index (χ2n) is 4.92. The molecule has 1 heterocycles. The third-order valence-corrected chi connectivity index (χ3v) is 3.04. The van der Waals surface area contributed by atoms with Gasteiger partial charge in [0.25, 0.3) is 0 Å². The highest BCUT2D eigenvalue weighted by molar-refractivity contribution is 5.70. The lowest BCUT2D eigenvalue weighted by Crippen LogP contribution is -2.28. The van der Waals surface area contributed by atoms with Crippen LogP contribution in [0, 0.1) is 10.1 Å². The molecule has 118 valence electrons. The summed E-state index contributed by atoms with van der Waals surface area (Å²) in [5, 5.41) is 14.3. The van der Waals surface area contributed by atoms with Gasteiger partial charge in [0.2, 0.25) is 11.6 Å². The molecule has 0 unspecified atom stereocenters. The van der Waals surface area contributed by atoms with Crippen LogP contribution in [0.3, 0.4) is 0 Å². The number of hydrogen-bond acceptors (Lipinski definition) is 7. The van der Waals surface area contributed by atoms with Gasteiger partial charge in [-0.3, -0.25) is 10.1 Å². The van der Waals surface area contributed by atoms with Gasteiger partial charge < -0.3 is 15.1 Å². The van der Waals surface area contributed by atoms with E-state index in [2.05, 4.69) is 20.2 Å². The van der Waals surface area contributed by atoms with E-state index in [0.717, 1.165) is 19.5 Å². The van der Waals surface area contributed by atoms with E-state index in [1.54, 1.807) is 0 Å². The molecule has 0 bridgehead atoms. The Balaban J connectivity index is 3.02. The molecule has 8 nitrogen and oxygen atoms in total. The van der Waals surface area contributed by atoms with E-state index in [9.17, 15) is 10.1 Å². The zero-order valence-electron chi connectivity index (χ0n) is 13.2. The van der Waals surface area contributed by atoms with Crippen LogP contribution in [0.5, 0.6) is 0 Å². The van der Waals surface area contributed by atoms with Gasteiger partial charge in [-0.05, 0) is 40.9 Å². The second kappa shape index (κ2) is 8.35. The van der Waals surface area contributed by atoms with Crippen molar-refractivity contribution in [2.24, 2.45) is 0 Å². The third-order valence-electron chi connectivity index (χ3n) is 3.04. The fourth-order valence-electron chi connectivity index (χ4n) is 2.06. The Labute approximate surface area is 125 Å². The maximum absolute atomic E-state index is 11.4. The number of aromatic nitrogens is 2. The number of anilines is 2. The van der Waals surface area contributed by atoms with Crippen molar-refractivity contribution >= 4 is 17.3 Å². The summed E-state index contributed by atoms with van der Waals surface area (Å²) < 4.78 is 0. The van der Waals surface area contributed by atoms with Crippen LogP contribution in [-0.2, 0) is 0 Å². The van der Waals surface area contributed by atoms with E-state index in [1.807, 2.05) is 32.8 Å². The van der Waals surface area contributed by atoms with Crippen molar-refractivity contribution in [2.45, 2.75) is 20.3 Å². The van der Waals surface area contributed by atoms with Gasteiger partial charge in [0.1, 0.15) is 6.33 Å². The monoisotopic (exact) mass is 296 g/mol. The van der Waals surface area contributed by atoms with Crippen molar-refractivity contribution < 1.29 is 4.92 Å². The molecular weight excluding hydrogens is 272 g/mol. The van der Waals surface area contributed by atoms with E-state index in [1.165, 1.54) is 6.33 Å². The molecular formula is C13H24N6O2. The summed E-state index contributed by atoms with van der Waals surface area (Å²) in [5.41, 5.74) is -0.0500. The molecule has 0 aliphatic heterocycles. The number of nitro groups is 1. The molecule has 1 aromatic heterocycles. The molecule has 1 aromatic rings. The second-order valence-corrected chi connectivity index (χ2v) is 4.92. The molecule has 1 N–H and O–H groups in total. The van der Waals surface area contributed by atoms with E-state index < -0.39 is 4.92 Å². The SMILES string of the molecule is CCNc1ncnc(N(CC)CCCN(C)C)c1[N+](=O)[O-]. The Morgan fingerprint density at radius 1 is 1.29 bits per heavy atom. The zero-order valence-corrected chi connectivity index (χ0v) is 13.2. The Kier molecular flexibility index (Phi) is 6.80. The minimum atomic E-state index is -0.415. The van der Waals surface area contributed by atoms with Crippen LogP contribution >= 0.6 is 0 Å². The van der Waals surface area contributed by atoms with Crippen molar-refractivity contribution in [3.63, 3.8) is 0 Å². The number of hydrogen-bond donors (Lipinski definition) is 1. The van der Waals surface area contributed by atoms with Crippen molar-refractivity contribution in [3.8, 4) is 0 Å². The first-order valence-electron chi connectivity index (χ1n) is 7.14. The standard InChI is InChI=1S/C13H24N6O2/c1-5-14-12-11(19(20)21)13(16-10-15-12)18(6-2)9-7-8-17(3)4/h10H,5-9H2,1-4H3,(H,14,15,16). The zero-order chi connectivity index (χ0) is 15.8. The molecule has 0 aliphatic carbocycles. The van der Waals surface area contributed by atoms with Crippen LogP contribution in [0.2, 0.25) is 0 Å². The van der Waals surface area contributed by atoms with Crippen molar-refractivity contribution in [3.05, 3.63) is 16.4 Å². The largest absolute Gasteiger partial charge is 0.364 e. The predicted octanol–water partition coefficient (Wildman–Crippen LogP) is 1.59. The molecule has 0 atom stereocenters. The molecule has 21 heavy (non-hydrogen) atoms. The van der Waals surface area contributed by atoms with Crippen molar-refractivity contribution in [1.29, 1.82) is 0 Å². The van der Waals surface area contributed by atoms with Gasteiger partial charge in [0.05, 0.1) is 4.92 Å². The van der Waals surface area contributed by atoms with E-state index in [4.69, 9.17) is 0 Å². The smallest absolute Gasteiger partial charge is 0.353 e. The molecule has 0 saturated heterocycles. The van der Waals surface area contributed by atoms with Crippen LogP contribution in [0.25, 0.3) is 0 Å². The minimum absolute atomic E-state index is 0.0500. The normalized spacial score (nSPS) is 10.7. The summed E-state index contributed by atoms with van der Waals surface area (Å²) >= 11 is 0. The number of nitrogens with one attached hydrogen (secondary N) is 1. The topological polar surface area (TPSA) is 87.4 Å². The van der Waals surface area contributed by atoms with E-state index >= 15 is 0 Å². The molecule has 0 fully saturated rings. The van der Waals surface area contributed by atoms with Gasteiger partial charge in [0, 0.05) is 19.6 Å². The predicted molar refractivity (Wildman–Crippen MR) is 83.9 cm³/mol. The lowest BCUT2D eigenvalue weighted by molar-refractivity contribution is -0.383. The molecule has 0 saturated carbocycles. The maximum atomic E-state index is 11.4. The molecule has 0 aromatic carbocycles. The lowest BCUT2D eigenvalue weighted by atomic mass is 10.3. The summed E-state index contributed by atoms with van der Waals surface area (Å²) in [6.45, 7) is 6.73. The quantitative estimate of drug-likeness (QED) is 0.547. The summed E-state index contributed by atoms with van der Waals surface area (Å²) in [6, 6.07) is 0. The van der Waals surface area contributed by atoms with Gasteiger partial charge in [-0.2, -0.15) is 0 Å². The third kappa shape index (κ3) is 4.82. The minimum Gasteiger partial charge on any atom is -0.364 e. The van der Waals surface area contributed by atoms with Crippen molar-refractivity contribution in [1.82, 2.24) is 14.9 Å². The Morgan fingerprint density at radius 3 is 2.52 bits per heavy atom. The highest BCUT2D eigenvalue weighted by Gasteiger charge is 2.25. The number of rotatable bonds is 9. The number of nitrogens with zero attached hydrogens (tertiary/aromatic N) is 5. The first kappa shape index (κ1) is 17.1.